The van der Waals surface area contributed by atoms with Crippen LogP contribution in [0.1, 0.15) is 43.5 Å². The van der Waals surface area contributed by atoms with E-state index < -0.39 is 0 Å². The Morgan fingerprint density at radius 2 is 2.09 bits per heavy atom. The maximum atomic E-state index is 15.5. The smallest absolute Gasteiger partial charge is 0.222 e. The van der Waals surface area contributed by atoms with E-state index in [0.29, 0.717) is 36.6 Å². The van der Waals surface area contributed by atoms with E-state index in [9.17, 15) is 4.79 Å². The molecule has 0 saturated carbocycles. The van der Waals surface area contributed by atoms with Crippen LogP contribution < -0.4 is 5.32 Å². The number of carbonyl (C=O) groups excluding carboxylic acids is 1. The van der Waals surface area contributed by atoms with Gasteiger partial charge >= 0.3 is 0 Å². The van der Waals surface area contributed by atoms with Crippen molar-refractivity contribution in [2.45, 2.75) is 45.2 Å². The van der Waals surface area contributed by atoms with Crippen molar-refractivity contribution >= 4 is 17.4 Å². The lowest BCUT2D eigenvalue weighted by atomic mass is 10.0. The largest absolute Gasteiger partial charge is 0.381 e. The Morgan fingerprint density at radius 1 is 1.27 bits per heavy atom. The number of benzene rings is 1. The van der Waals surface area contributed by atoms with E-state index in [0.717, 1.165) is 49.3 Å². The van der Waals surface area contributed by atoms with Gasteiger partial charge in [-0.15, -0.1) is 0 Å². The van der Waals surface area contributed by atoms with Crippen LogP contribution >= 0.6 is 0 Å². The van der Waals surface area contributed by atoms with Crippen LogP contribution in [-0.2, 0) is 29.5 Å². The van der Waals surface area contributed by atoms with Crippen molar-refractivity contribution in [2.75, 3.05) is 25.1 Å². The highest BCUT2D eigenvalue weighted by atomic mass is 19.1. The van der Waals surface area contributed by atoms with Crippen LogP contribution in [0.4, 0.5) is 15.9 Å². The van der Waals surface area contributed by atoms with Crippen molar-refractivity contribution in [1.29, 1.82) is 0 Å². The summed E-state index contributed by atoms with van der Waals surface area (Å²) in [7, 11) is 1.92. The summed E-state index contributed by atoms with van der Waals surface area (Å²) in [5.41, 5.74) is 3.88. The molecule has 0 radical (unpaired) electrons. The van der Waals surface area contributed by atoms with E-state index in [1.807, 2.05) is 48.0 Å². The molecule has 4 heterocycles. The van der Waals surface area contributed by atoms with Crippen molar-refractivity contribution in [3.63, 3.8) is 0 Å². The minimum atomic E-state index is -0.310. The molecule has 0 aliphatic carbocycles. The second kappa shape index (κ2) is 9.02. The molecule has 174 valence electrons. The molecule has 2 aliphatic rings. The molecule has 1 fully saturated rings. The van der Waals surface area contributed by atoms with Crippen molar-refractivity contribution < 1.29 is 13.9 Å². The first-order valence-electron chi connectivity index (χ1n) is 11.7. The number of ether oxygens (including phenoxy) is 1. The van der Waals surface area contributed by atoms with Gasteiger partial charge in [-0.2, -0.15) is 5.10 Å². The van der Waals surface area contributed by atoms with Crippen LogP contribution in [-0.4, -0.2) is 44.9 Å². The standard InChI is InChI=1S/C25H30FN5O2/c1-3-23(32)30-12-8-22-20(16-30)25(28-31(22)18-9-13-33-14-10-18)27-21-6-4-5-19(24(21)26)17-7-11-29(2)15-17/h4-7,11,15,18H,3,8-10,12-14,16H2,1-2H3,(H,27,28). The average molecular weight is 452 g/mol. The van der Waals surface area contributed by atoms with Crippen LogP contribution in [0.25, 0.3) is 11.1 Å². The van der Waals surface area contributed by atoms with Gasteiger partial charge in [-0.3, -0.25) is 9.48 Å². The molecule has 0 spiro atoms. The highest BCUT2D eigenvalue weighted by molar-refractivity contribution is 5.77. The molecular weight excluding hydrogens is 421 g/mol. The van der Waals surface area contributed by atoms with E-state index in [1.54, 1.807) is 12.1 Å². The van der Waals surface area contributed by atoms with Gasteiger partial charge in [0.2, 0.25) is 5.91 Å². The lowest BCUT2D eigenvalue weighted by molar-refractivity contribution is -0.131. The van der Waals surface area contributed by atoms with Gasteiger partial charge in [0.25, 0.3) is 0 Å². The van der Waals surface area contributed by atoms with E-state index in [-0.39, 0.29) is 17.8 Å². The number of nitrogens with zero attached hydrogens (tertiary/aromatic N) is 4. The van der Waals surface area contributed by atoms with Gasteiger partial charge in [-0.1, -0.05) is 19.1 Å². The summed E-state index contributed by atoms with van der Waals surface area (Å²) in [5.74, 6) is 0.451. The molecule has 2 aliphatic heterocycles. The molecule has 1 saturated heterocycles. The summed E-state index contributed by atoms with van der Waals surface area (Å²) < 4.78 is 25.1. The van der Waals surface area contributed by atoms with Gasteiger partial charge in [0.15, 0.2) is 11.6 Å². The van der Waals surface area contributed by atoms with Gasteiger partial charge < -0.3 is 19.5 Å². The lowest BCUT2D eigenvalue weighted by Crippen LogP contribution is -2.36. The maximum Gasteiger partial charge on any atom is 0.222 e. The Balaban J connectivity index is 1.52. The normalized spacial score (nSPS) is 16.6. The Bertz CT molecular complexity index is 1160. The number of amides is 1. The third kappa shape index (κ3) is 4.15. The molecule has 1 amide bonds. The number of hydrogen-bond acceptors (Lipinski definition) is 4. The van der Waals surface area contributed by atoms with Gasteiger partial charge in [0, 0.05) is 74.4 Å². The third-order valence-corrected chi connectivity index (χ3v) is 6.67. The molecule has 2 aromatic heterocycles. The Kier molecular flexibility index (Phi) is 5.93. The van der Waals surface area contributed by atoms with Crippen LogP contribution in [0, 0.1) is 5.82 Å². The topological polar surface area (TPSA) is 64.3 Å². The Morgan fingerprint density at radius 3 is 2.82 bits per heavy atom. The second-order valence-corrected chi connectivity index (χ2v) is 8.84. The number of anilines is 2. The number of hydrogen-bond donors (Lipinski definition) is 1. The van der Waals surface area contributed by atoms with E-state index in [2.05, 4.69) is 10.00 Å². The molecule has 8 heteroatoms. The number of nitrogens with one attached hydrogen (secondary N) is 1. The minimum Gasteiger partial charge on any atom is -0.381 e. The molecule has 0 atom stereocenters. The zero-order valence-electron chi connectivity index (χ0n) is 19.2. The molecular formula is C25H30FN5O2. The predicted molar refractivity (Wildman–Crippen MR) is 125 cm³/mol. The first-order valence-corrected chi connectivity index (χ1v) is 11.7. The van der Waals surface area contributed by atoms with Crippen LogP contribution in [0.15, 0.2) is 36.7 Å². The molecule has 33 heavy (non-hydrogen) atoms. The average Bonchev–Trinajstić information content (AvgIpc) is 3.43. The predicted octanol–water partition coefficient (Wildman–Crippen LogP) is 4.42. The maximum absolute atomic E-state index is 15.5. The first kappa shape index (κ1) is 21.7. The van der Waals surface area contributed by atoms with E-state index >= 15 is 4.39 Å². The summed E-state index contributed by atoms with van der Waals surface area (Å²) >= 11 is 0. The highest BCUT2D eigenvalue weighted by Gasteiger charge is 2.30. The van der Waals surface area contributed by atoms with Crippen LogP contribution in [0.2, 0.25) is 0 Å². The number of rotatable bonds is 5. The number of aryl methyl sites for hydroxylation is 1. The van der Waals surface area contributed by atoms with E-state index in [1.165, 1.54) is 0 Å². The molecule has 1 N–H and O–H groups in total. The quantitative estimate of drug-likeness (QED) is 0.624. The van der Waals surface area contributed by atoms with Crippen molar-refractivity contribution in [1.82, 2.24) is 19.2 Å². The number of halogens is 1. The fraction of sp³-hybridized carbons (Fsp3) is 0.440. The fourth-order valence-corrected chi connectivity index (χ4v) is 4.86. The lowest BCUT2D eigenvalue weighted by Gasteiger charge is -2.30. The van der Waals surface area contributed by atoms with Crippen molar-refractivity contribution in [3.8, 4) is 11.1 Å². The summed E-state index contributed by atoms with van der Waals surface area (Å²) in [4.78, 5) is 14.3. The number of carbonyl (C=O) groups is 1. The van der Waals surface area contributed by atoms with Crippen LogP contribution in [0.3, 0.4) is 0 Å². The van der Waals surface area contributed by atoms with E-state index in [4.69, 9.17) is 9.84 Å². The summed E-state index contributed by atoms with van der Waals surface area (Å²) in [5, 5.41) is 8.19. The molecule has 7 nitrogen and oxygen atoms in total. The van der Waals surface area contributed by atoms with Gasteiger partial charge in [-0.05, 0) is 25.0 Å². The monoisotopic (exact) mass is 451 g/mol. The van der Waals surface area contributed by atoms with Gasteiger partial charge in [0.05, 0.1) is 18.3 Å². The molecule has 5 rings (SSSR count). The van der Waals surface area contributed by atoms with Gasteiger partial charge in [0.1, 0.15) is 0 Å². The van der Waals surface area contributed by atoms with Gasteiger partial charge in [-0.25, -0.2) is 4.39 Å². The molecule has 1 aromatic carbocycles. The SMILES string of the molecule is CCC(=O)N1CCc2c(c(Nc3cccc(-c4ccn(C)c4)c3F)nn2C2CCOCC2)C1. The molecule has 0 unspecified atom stereocenters. The van der Waals surface area contributed by atoms with Crippen LogP contribution in [0.5, 0.6) is 0 Å². The first-order chi connectivity index (χ1) is 16.0. The summed E-state index contributed by atoms with van der Waals surface area (Å²) in [6, 6.07) is 7.53. The van der Waals surface area contributed by atoms with Crippen molar-refractivity contribution in [2.24, 2.45) is 7.05 Å². The molecule has 3 aromatic rings. The zero-order chi connectivity index (χ0) is 22.9. The Labute approximate surface area is 193 Å². The molecule has 0 bridgehead atoms. The minimum absolute atomic E-state index is 0.127. The second-order valence-electron chi connectivity index (χ2n) is 8.84. The zero-order valence-corrected chi connectivity index (χ0v) is 19.2. The summed E-state index contributed by atoms with van der Waals surface area (Å²) in [6.45, 7) is 4.50. The summed E-state index contributed by atoms with van der Waals surface area (Å²) in [6.07, 6.45) is 6.84. The van der Waals surface area contributed by atoms with Crippen molar-refractivity contribution in [3.05, 3.63) is 53.7 Å². The fourth-order valence-electron chi connectivity index (χ4n) is 4.86. The Hall–Kier alpha value is -3.13. The highest BCUT2D eigenvalue weighted by Crippen LogP contribution is 2.35. The number of fused-ring (bicyclic) bond motifs is 1. The number of aromatic nitrogens is 3. The third-order valence-electron chi connectivity index (χ3n) is 6.67.